The molecular weight excluding hydrogens is 921 g/mol. The summed E-state index contributed by atoms with van der Waals surface area (Å²) in [6.07, 6.45) is -0.999. The molecule has 0 N–H and O–H groups in total. The number of hydrogen-bond donors (Lipinski definition) is 0. The molecule has 2 fully saturated rings. The Hall–Kier alpha value is -8.36. The van der Waals surface area contributed by atoms with Crippen molar-refractivity contribution in [3.05, 3.63) is 145 Å². The quantitative estimate of drug-likeness (QED) is 0.0198. The van der Waals surface area contributed by atoms with Crippen LogP contribution in [0.15, 0.2) is 122 Å². The molecule has 4 atom stereocenters. The van der Waals surface area contributed by atoms with Gasteiger partial charge in [-0.2, -0.15) is 0 Å². The van der Waals surface area contributed by atoms with Crippen molar-refractivity contribution in [3.63, 3.8) is 0 Å². The molecule has 0 aromatic heterocycles. The van der Waals surface area contributed by atoms with Gasteiger partial charge in [-0.25, -0.2) is 38.4 Å². The van der Waals surface area contributed by atoms with Crippen LogP contribution in [0.2, 0.25) is 0 Å². The third-order valence-corrected chi connectivity index (χ3v) is 10.0. The minimum atomic E-state index is -0.945. The predicted molar refractivity (Wildman–Crippen MR) is 238 cm³/mol. The first-order chi connectivity index (χ1) is 33.9. The van der Waals surface area contributed by atoms with Crippen LogP contribution in [0.5, 0.6) is 23.0 Å². The Morgan fingerprint density at radius 3 is 1.01 bits per heavy atom. The summed E-state index contributed by atoms with van der Waals surface area (Å²) in [6, 6.07) is 22.4. The highest BCUT2D eigenvalue weighted by atomic mass is 16.7. The fourth-order valence-electron chi connectivity index (χ4n) is 6.44. The molecule has 0 amide bonds. The van der Waals surface area contributed by atoms with E-state index in [0.717, 1.165) is 12.2 Å². The minimum Gasteiger partial charge on any atom is -0.463 e. The van der Waals surface area contributed by atoms with E-state index in [9.17, 15) is 38.4 Å². The van der Waals surface area contributed by atoms with Gasteiger partial charge in [-0.05, 0) is 123 Å². The third kappa shape index (κ3) is 15.3. The molecule has 0 aliphatic carbocycles. The van der Waals surface area contributed by atoms with Crippen LogP contribution < -0.4 is 18.9 Å². The van der Waals surface area contributed by atoms with Gasteiger partial charge in [0.05, 0.1) is 61.9 Å². The van der Waals surface area contributed by atoms with E-state index in [4.69, 9.17) is 56.8 Å². The fraction of sp³-hybridized carbons (Fsp3) is 0.280. The first-order valence-corrected chi connectivity index (χ1v) is 21.7. The van der Waals surface area contributed by atoms with Gasteiger partial charge in [0.25, 0.3) is 0 Å². The monoisotopic (exact) mass is 966 g/mol. The fourth-order valence-corrected chi connectivity index (χ4v) is 6.44. The molecule has 6 rings (SSSR count). The summed E-state index contributed by atoms with van der Waals surface area (Å²) >= 11 is 0. The van der Waals surface area contributed by atoms with E-state index in [1.807, 2.05) is 0 Å². The average molecular weight is 967 g/mol. The molecule has 2 aliphatic heterocycles. The molecule has 0 spiro atoms. The van der Waals surface area contributed by atoms with Crippen LogP contribution in [0.4, 0.5) is 9.59 Å². The van der Waals surface area contributed by atoms with Crippen molar-refractivity contribution >= 4 is 48.1 Å². The Labute approximate surface area is 399 Å². The smallest absolute Gasteiger partial charge is 0.463 e. The summed E-state index contributed by atoms with van der Waals surface area (Å²) in [5, 5.41) is 0. The first kappa shape index (κ1) is 51.0. The van der Waals surface area contributed by atoms with E-state index in [1.54, 1.807) is 0 Å². The highest BCUT2D eigenvalue weighted by Crippen LogP contribution is 2.32. The second kappa shape index (κ2) is 25.7. The van der Waals surface area contributed by atoms with Crippen LogP contribution in [0.25, 0.3) is 0 Å². The lowest BCUT2D eigenvalue weighted by molar-refractivity contribution is -0.138. The summed E-state index contributed by atoms with van der Waals surface area (Å²) in [6.45, 7) is 6.98. The summed E-state index contributed by atoms with van der Waals surface area (Å²) in [5.74, 6) is -3.35. The van der Waals surface area contributed by atoms with Gasteiger partial charge in [0, 0.05) is 12.2 Å². The van der Waals surface area contributed by atoms with E-state index >= 15 is 0 Å². The summed E-state index contributed by atoms with van der Waals surface area (Å²) in [4.78, 5) is 97.6. The molecule has 2 saturated heterocycles. The van der Waals surface area contributed by atoms with Crippen molar-refractivity contribution in [2.45, 2.75) is 50.1 Å². The van der Waals surface area contributed by atoms with E-state index in [1.165, 1.54) is 97.1 Å². The SMILES string of the molecule is C=CC(=O)OCCCCOC(=O)Oc1ccc(C(=O)Oc2ccc(C(=O)O[C@H]3COC4[C@H](OC(=O)c5ccc(OC(=O)c6ccc(OC(=O)OCCCCOC(=O)C=C)cc6)cc5)CO[C@@H]43)cc2)cc1. The van der Waals surface area contributed by atoms with Crippen molar-refractivity contribution in [1.29, 1.82) is 0 Å². The van der Waals surface area contributed by atoms with Crippen LogP contribution in [-0.2, 0) is 47.5 Å². The lowest BCUT2D eigenvalue weighted by Crippen LogP contribution is -2.36. The number of carbonyl (C=O) groups is 8. The summed E-state index contributed by atoms with van der Waals surface area (Å²) in [7, 11) is 0. The highest BCUT2D eigenvalue weighted by Gasteiger charge is 2.51. The number of benzene rings is 4. The van der Waals surface area contributed by atoms with Gasteiger partial charge in [0.2, 0.25) is 0 Å². The number of fused-ring (bicyclic) bond motifs is 1. The largest absolute Gasteiger partial charge is 0.513 e. The predicted octanol–water partition coefficient (Wildman–Crippen LogP) is 6.72. The molecule has 2 heterocycles. The van der Waals surface area contributed by atoms with Gasteiger partial charge in [0.15, 0.2) is 12.2 Å². The van der Waals surface area contributed by atoms with E-state index in [-0.39, 0.29) is 84.9 Å². The second-order valence-electron chi connectivity index (χ2n) is 14.9. The van der Waals surface area contributed by atoms with Gasteiger partial charge in [-0.3, -0.25) is 0 Å². The molecule has 4 aromatic rings. The van der Waals surface area contributed by atoms with Gasteiger partial charge >= 0.3 is 48.1 Å². The molecular formula is C50H46O20. The van der Waals surface area contributed by atoms with Crippen LogP contribution in [0.3, 0.4) is 0 Å². The molecule has 0 saturated carbocycles. The van der Waals surface area contributed by atoms with E-state index < -0.39 is 72.5 Å². The Morgan fingerprint density at radius 2 is 0.700 bits per heavy atom. The molecule has 4 aromatic carbocycles. The lowest BCUT2D eigenvalue weighted by atomic mass is 10.1. The van der Waals surface area contributed by atoms with Crippen molar-refractivity contribution in [3.8, 4) is 23.0 Å². The van der Waals surface area contributed by atoms with E-state index in [2.05, 4.69) is 13.2 Å². The summed E-state index contributed by atoms with van der Waals surface area (Å²) < 4.78 is 63.7. The normalized spacial score (nSPS) is 16.5. The number of carbonyl (C=O) groups excluding carboxylic acids is 8. The van der Waals surface area contributed by atoms with Crippen LogP contribution in [0.1, 0.15) is 67.1 Å². The number of esters is 6. The van der Waals surface area contributed by atoms with Crippen molar-refractivity contribution in [2.24, 2.45) is 0 Å². The Kier molecular flexibility index (Phi) is 18.7. The molecule has 20 heteroatoms. The zero-order valence-electron chi connectivity index (χ0n) is 37.4. The number of hydrogen-bond acceptors (Lipinski definition) is 20. The molecule has 70 heavy (non-hydrogen) atoms. The topological polar surface area (TPSA) is 247 Å². The highest BCUT2D eigenvalue weighted by molar-refractivity contribution is 5.93. The van der Waals surface area contributed by atoms with Crippen LogP contribution >= 0.6 is 0 Å². The molecule has 2 aliphatic rings. The maximum absolute atomic E-state index is 13.1. The second-order valence-corrected chi connectivity index (χ2v) is 14.9. The third-order valence-electron chi connectivity index (χ3n) is 10.0. The maximum Gasteiger partial charge on any atom is 0.513 e. The number of ether oxygens (including phenoxy) is 12. The zero-order valence-corrected chi connectivity index (χ0v) is 37.4. The summed E-state index contributed by atoms with van der Waals surface area (Å²) in [5.41, 5.74) is 0.613. The molecule has 0 bridgehead atoms. The van der Waals surface area contributed by atoms with Crippen molar-refractivity contribution in [1.82, 2.24) is 0 Å². The molecule has 1 unspecified atom stereocenters. The minimum absolute atomic E-state index is 0.0198. The Bertz CT molecular complexity index is 2320. The first-order valence-electron chi connectivity index (χ1n) is 21.7. The zero-order chi connectivity index (χ0) is 49.8. The number of rotatable bonds is 22. The Morgan fingerprint density at radius 1 is 0.414 bits per heavy atom. The van der Waals surface area contributed by atoms with Gasteiger partial charge < -0.3 is 56.8 Å². The van der Waals surface area contributed by atoms with Gasteiger partial charge in [0.1, 0.15) is 35.2 Å². The number of unbranched alkanes of at least 4 members (excludes halogenated alkanes) is 2. The average Bonchev–Trinajstić information content (AvgIpc) is 3.96. The molecule has 0 radical (unpaired) electrons. The van der Waals surface area contributed by atoms with Crippen molar-refractivity contribution < 1.29 is 95.2 Å². The standard InChI is InChI=1S/C50H46O20/c1-3-41(51)59-25-5-7-27-61-49(57)67-37-21-13-31(14-22-37)45(53)65-35-17-9-33(10-18-35)47(55)69-39-29-63-44-40(30-64-43(39)44)70-48(56)34-11-19-36(20-12-34)66-46(54)32-15-23-38(24-16-32)68-50(58)62-28-8-6-26-60-42(52)4-2/h3-4,9-24,39-40,43-44H,1-2,5-8,25-30H2/t39-,40+,43+,44?/m0/s1. The maximum atomic E-state index is 13.1. The van der Waals surface area contributed by atoms with Gasteiger partial charge in [-0.1, -0.05) is 13.2 Å². The van der Waals surface area contributed by atoms with Crippen LogP contribution in [0, 0.1) is 0 Å². The van der Waals surface area contributed by atoms with Crippen LogP contribution in [-0.4, -0.2) is 112 Å². The van der Waals surface area contributed by atoms with Crippen molar-refractivity contribution in [2.75, 3.05) is 39.6 Å². The Balaban J connectivity index is 0.876. The molecule has 366 valence electrons. The molecule has 20 nitrogen and oxygen atoms in total. The van der Waals surface area contributed by atoms with Gasteiger partial charge in [-0.15, -0.1) is 0 Å². The van der Waals surface area contributed by atoms with E-state index in [0.29, 0.717) is 25.7 Å². The lowest BCUT2D eigenvalue weighted by Gasteiger charge is -2.17.